The molecule has 3 nitrogen and oxygen atoms in total. The number of nitrogens with one attached hydrogen (secondary N) is 1. The SMILES string of the molecule is COc1cccc(Br)c1OCCC1CNC1. The molecular formula is C12H16BrNO2. The molecule has 1 saturated heterocycles. The molecule has 88 valence electrons. The average molecular weight is 286 g/mol. The maximum atomic E-state index is 5.77. The van der Waals surface area contributed by atoms with Crippen molar-refractivity contribution in [1.29, 1.82) is 0 Å². The van der Waals surface area contributed by atoms with E-state index >= 15 is 0 Å². The smallest absolute Gasteiger partial charge is 0.175 e. The molecule has 0 radical (unpaired) electrons. The number of benzene rings is 1. The predicted octanol–water partition coefficient (Wildman–Crippen LogP) is 2.45. The van der Waals surface area contributed by atoms with Crippen molar-refractivity contribution >= 4 is 15.9 Å². The highest BCUT2D eigenvalue weighted by Crippen LogP contribution is 2.35. The van der Waals surface area contributed by atoms with Crippen molar-refractivity contribution in [2.75, 3.05) is 26.8 Å². The largest absolute Gasteiger partial charge is 0.493 e. The summed E-state index contributed by atoms with van der Waals surface area (Å²) in [7, 11) is 1.66. The molecule has 4 heteroatoms. The van der Waals surface area contributed by atoms with Gasteiger partial charge in [-0.15, -0.1) is 0 Å². The van der Waals surface area contributed by atoms with Gasteiger partial charge in [0.2, 0.25) is 0 Å². The lowest BCUT2D eigenvalue weighted by Crippen LogP contribution is -2.42. The zero-order valence-electron chi connectivity index (χ0n) is 9.33. The van der Waals surface area contributed by atoms with Gasteiger partial charge < -0.3 is 14.8 Å². The standard InChI is InChI=1S/C12H16BrNO2/c1-15-11-4-2-3-10(13)12(11)16-6-5-9-7-14-8-9/h2-4,9,14H,5-8H2,1H3. The second-order valence-electron chi connectivity index (χ2n) is 3.93. The first kappa shape index (κ1) is 11.7. The van der Waals surface area contributed by atoms with E-state index in [1.54, 1.807) is 7.11 Å². The minimum atomic E-state index is 0.741. The van der Waals surface area contributed by atoms with E-state index in [0.717, 1.165) is 48.0 Å². The zero-order valence-corrected chi connectivity index (χ0v) is 10.9. The summed E-state index contributed by atoms with van der Waals surface area (Å²) < 4.78 is 12.0. The van der Waals surface area contributed by atoms with Gasteiger partial charge in [-0.1, -0.05) is 6.07 Å². The van der Waals surface area contributed by atoms with Crippen LogP contribution in [0.5, 0.6) is 11.5 Å². The summed E-state index contributed by atoms with van der Waals surface area (Å²) in [5.41, 5.74) is 0. The Balaban J connectivity index is 1.91. The molecule has 1 aliphatic rings. The van der Waals surface area contributed by atoms with E-state index in [-0.39, 0.29) is 0 Å². The molecular weight excluding hydrogens is 270 g/mol. The molecule has 1 fully saturated rings. The Morgan fingerprint density at radius 3 is 2.88 bits per heavy atom. The summed E-state index contributed by atoms with van der Waals surface area (Å²) in [5.74, 6) is 2.35. The van der Waals surface area contributed by atoms with E-state index in [1.807, 2.05) is 18.2 Å². The second kappa shape index (κ2) is 5.55. The van der Waals surface area contributed by atoms with Gasteiger partial charge in [-0.3, -0.25) is 0 Å². The first-order chi connectivity index (χ1) is 7.81. The molecule has 0 unspecified atom stereocenters. The van der Waals surface area contributed by atoms with Crippen molar-refractivity contribution in [2.24, 2.45) is 5.92 Å². The van der Waals surface area contributed by atoms with Gasteiger partial charge in [-0.05, 0) is 53.5 Å². The van der Waals surface area contributed by atoms with Crippen molar-refractivity contribution in [3.05, 3.63) is 22.7 Å². The molecule has 2 rings (SSSR count). The van der Waals surface area contributed by atoms with Crippen molar-refractivity contribution in [3.63, 3.8) is 0 Å². The monoisotopic (exact) mass is 285 g/mol. The molecule has 0 bridgehead atoms. The highest BCUT2D eigenvalue weighted by Gasteiger charge is 2.17. The topological polar surface area (TPSA) is 30.5 Å². The number of halogens is 1. The van der Waals surface area contributed by atoms with Crippen LogP contribution in [0.2, 0.25) is 0 Å². The van der Waals surface area contributed by atoms with Gasteiger partial charge in [-0.2, -0.15) is 0 Å². The molecule has 1 N–H and O–H groups in total. The van der Waals surface area contributed by atoms with Gasteiger partial charge >= 0.3 is 0 Å². The Morgan fingerprint density at radius 2 is 2.25 bits per heavy atom. The van der Waals surface area contributed by atoms with Crippen LogP contribution in [0.1, 0.15) is 6.42 Å². The lowest BCUT2D eigenvalue weighted by molar-refractivity contribution is 0.230. The van der Waals surface area contributed by atoms with Crippen LogP contribution in [-0.4, -0.2) is 26.8 Å². The van der Waals surface area contributed by atoms with Crippen LogP contribution >= 0.6 is 15.9 Å². The molecule has 1 aromatic carbocycles. The normalized spacial score (nSPS) is 15.6. The number of hydrogen-bond donors (Lipinski definition) is 1. The van der Waals surface area contributed by atoms with Crippen LogP contribution in [0.25, 0.3) is 0 Å². The van der Waals surface area contributed by atoms with Gasteiger partial charge in [0.05, 0.1) is 18.2 Å². The predicted molar refractivity (Wildman–Crippen MR) is 67.2 cm³/mol. The molecule has 0 spiro atoms. The van der Waals surface area contributed by atoms with Crippen molar-refractivity contribution in [1.82, 2.24) is 5.32 Å². The Morgan fingerprint density at radius 1 is 1.44 bits per heavy atom. The molecule has 0 aliphatic carbocycles. The van der Waals surface area contributed by atoms with Gasteiger partial charge in [0.15, 0.2) is 11.5 Å². The second-order valence-corrected chi connectivity index (χ2v) is 4.79. The fraction of sp³-hybridized carbons (Fsp3) is 0.500. The fourth-order valence-electron chi connectivity index (χ4n) is 1.67. The Labute approximate surface area is 104 Å². The van der Waals surface area contributed by atoms with Crippen LogP contribution in [0, 0.1) is 5.92 Å². The Bertz CT molecular complexity index is 353. The van der Waals surface area contributed by atoms with E-state index in [2.05, 4.69) is 21.2 Å². The van der Waals surface area contributed by atoms with Crippen molar-refractivity contribution in [2.45, 2.75) is 6.42 Å². The van der Waals surface area contributed by atoms with Crippen molar-refractivity contribution < 1.29 is 9.47 Å². The number of para-hydroxylation sites is 1. The zero-order chi connectivity index (χ0) is 11.4. The lowest BCUT2D eigenvalue weighted by Gasteiger charge is -2.27. The van der Waals surface area contributed by atoms with Gasteiger partial charge in [0.25, 0.3) is 0 Å². The molecule has 1 aliphatic heterocycles. The first-order valence-electron chi connectivity index (χ1n) is 5.47. The Kier molecular flexibility index (Phi) is 4.07. The minimum absolute atomic E-state index is 0.741. The van der Waals surface area contributed by atoms with Gasteiger partial charge in [0, 0.05) is 0 Å². The van der Waals surface area contributed by atoms with Crippen LogP contribution in [0.3, 0.4) is 0 Å². The quantitative estimate of drug-likeness (QED) is 0.902. The van der Waals surface area contributed by atoms with E-state index in [0.29, 0.717) is 0 Å². The summed E-state index contributed by atoms with van der Waals surface area (Å²) in [6.07, 6.45) is 1.09. The average Bonchev–Trinajstić information content (AvgIpc) is 2.23. The van der Waals surface area contributed by atoms with E-state index in [1.165, 1.54) is 0 Å². The molecule has 16 heavy (non-hydrogen) atoms. The molecule has 0 amide bonds. The molecule has 1 heterocycles. The molecule has 0 atom stereocenters. The van der Waals surface area contributed by atoms with E-state index in [9.17, 15) is 0 Å². The molecule has 1 aromatic rings. The van der Waals surface area contributed by atoms with Crippen LogP contribution in [-0.2, 0) is 0 Å². The third-order valence-corrected chi connectivity index (χ3v) is 3.41. The summed E-state index contributed by atoms with van der Waals surface area (Å²) in [5, 5.41) is 3.25. The fourth-order valence-corrected chi connectivity index (χ4v) is 2.13. The number of hydrogen-bond acceptors (Lipinski definition) is 3. The van der Waals surface area contributed by atoms with Gasteiger partial charge in [-0.25, -0.2) is 0 Å². The third-order valence-electron chi connectivity index (χ3n) is 2.79. The summed E-state index contributed by atoms with van der Waals surface area (Å²) >= 11 is 3.47. The summed E-state index contributed by atoms with van der Waals surface area (Å²) in [6, 6.07) is 5.80. The molecule has 0 saturated carbocycles. The van der Waals surface area contributed by atoms with Crippen LogP contribution in [0.15, 0.2) is 22.7 Å². The first-order valence-corrected chi connectivity index (χ1v) is 6.26. The number of rotatable bonds is 5. The highest BCUT2D eigenvalue weighted by atomic mass is 79.9. The maximum absolute atomic E-state index is 5.77. The summed E-state index contributed by atoms with van der Waals surface area (Å²) in [4.78, 5) is 0. The number of ether oxygens (including phenoxy) is 2. The molecule has 0 aromatic heterocycles. The maximum Gasteiger partial charge on any atom is 0.175 e. The van der Waals surface area contributed by atoms with Crippen molar-refractivity contribution in [3.8, 4) is 11.5 Å². The summed E-state index contributed by atoms with van der Waals surface area (Å²) in [6.45, 7) is 2.98. The van der Waals surface area contributed by atoms with E-state index in [4.69, 9.17) is 9.47 Å². The van der Waals surface area contributed by atoms with Gasteiger partial charge in [0.1, 0.15) is 0 Å². The van der Waals surface area contributed by atoms with Crippen LogP contribution < -0.4 is 14.8 Å². The number of methoxy groups -OCH3 is 1. The van der Waals surface area contributed by atoms with Crippen LogP contribution in [0.4, 0.5) is 0 Å². The minimum Gasteiger partial charge on any atom is -0.493 e. The third kappa shape index (κ3) is 2.68. The van der Waals surface area contributed by atoms with E-state index < -0.39 is 0 Å². The lowest BCUT2D eigenvalue weighted by atomic mass is 10.0. The Hall–Kier alpha value is -0.740. The highest BCUT2D eigenvalue weighted by molar-refractivity contribution is 9.10.